The molecule has 1 rings (SSSR count). The van der Waals surface area contributed by atoms with Gasteiger partial charge in [-0.2, -0.15) is 0 Å². The van der Waals surface area contributed by atoms with E-state index in [-0.39, 0.29) is 23.7 Å². The molecule has 0 aliphatic rings. The number of ether oxygens (including phenoxy) is 1. The topological polar surface area (TPSA) is 48.3 Å². The second-order valence-electron chi connectivity index (χ2n) is 5.86. The van der Waals surface area contributed by atoms with Crippen molar-refractivity contribution in [3.8, 4) is 0 Å². The number of aromatic nitrogens is 1. The predicted octanol–water partition coefficient (Wildman–Crippen LogP) is 3.87. The molecule has 4 heteroatoms. The van der Waals surface area contributed by atoms with Crippen molar-refractivity contribution >= 4 is 17.3 Å². The molecular formula is C17H25NO3. The first-order chi connectivity index (χ1) is 9.70. The average molecular weight is 291 g/mol. The van der Waals surface area contributed by atoms with Gasteiger partial charge in [0.05, 0.1) is 7.11 Å². The second kappa shape index (κ2) is 6.74. The second-order valence-corrected chi connectivity index (χ2v) is 5.86. The van der Waals surface area contributed by atoms with E-state index in [1.54, 1.807) is 13.0 Å². The first kappa shape index (κ1) is 17.2. The molecule has 0 amide bonds. The summed E-state index contributed by atoms with van der Waals surface area (Å²) in [7, 11) is 1.37. The Hall–Kier alpha value is -1.84. The third kappa shape index (κ3) is 3.63. The maximum atomic E-state index is 11.9. The molecule has 0 saturated carbocycles. The van der Waals surface area contributed by atoms with E-state index in [1.807, 2.05) is 45.4 Å². The minimum atomic E-state index is -0.364. The van der Waals surface area contributed by atoms with Crippen molar-refractivity contribution in [3.63, 3.8) is 0 Å². The van der Waals surface area contributed by atoms with Gasteiger partial charge in [-0.1, -0.05) is 13.8 Å². The lowest BCUT2D eigenvalue weighted by atomic mass is 9.92. The number of allylic oxidation sites excluding steroid dienone is 2. The van der Waals surface area contributed by atoms with Crippen molar-refractivity contribution in [2.24, 2.45) is 5.92 Å². The molecule has 4 nitrogen and oxygen atoms in total. The van der Waals surface area contributed by atoms with Crippen molar-refractivity contribution in [3.05, 3.63) is 29.1 Å². The normalized spacial score (nSPS) is 12.6. The van der Waals surface area contributed by atoms with E-state index < -0.39 is 0 Å². The lowest BCUT2D eigenvalue weighted by Crippen LogP contribution is -2.11. The van der Waals surface area contributed by atoms with Gasteiger partial charge in [0.1, 0.15) is 5.69 Å². The zero-order valence-corrected chi connectivity index (χ0v) is 14.0. The van der Waals surface area contributed by atoms with Gasteiger partial charge in [0.2, 0.25) is 0 Å². The zero-order valence-electron chi connectivity index (χ0n) is 14.0. The number of hydrogen-bond acceptors (Lipinski definition) is 3. The summed E-state index contributed by atoms with van der Waals surface area (Å²) in [6.45, 7) is 11.5. The van der Waals surface area contributed by atoms with Crippen LogP contribution in [-0.4, -0.2) is 23.4 Å². The van der Waals surface area contributed by atoms with Gasteiger partial charge in [-0.05, 0) is 50.8 Å². The van der Waals surface area contributed by atoms with Gasteiger partial charge in [-0.25, -0.2) is 4.79 Å². The third-order valence-electron chi connectivity index (χ3n) is 3.59. The van der Waals surface area contributed by atoms with Crippen LogP contribution in [0.3, 0.4) is 0 Å². The average Bonchev–Trinajstić information content (AvgIpc) is 2.81. The van der Waals surface area contributed by atoms with Crippen LogP contribution < -0.4 is 0 Å². The van der Waals surface area contributed by atoms with Crippen molar-refractivity contribution in [1.29, 1.82) is 0 Å². The fourth-order valence-electron chi connectivity index (χ4n) is 2.64. The molecule has 0 aromatic carbocycles. The highest BCUT2D eigenvalue weighted by Gasteiger charge is 2.20. The number of carbonyl (C=O) groups excluding carboxylic acids is 2. The van der Waals surface area contributed by atoms with Gasteiger partial charge >= 0.3 is 5.97 Å². The molecule has 1 heterocycles. The Morgan fingerprint density at radius 3 is 2.10 bits per heavy atom. The summed E-state index contributed by atoms with van der Waals surface area (Å²) in [5, 5.41) is 0. The Balaban J connectivity index is 3.48. The third-order valence-corrected chi connectivity index (χ3v) is 3.59. The summed E-state index contributed by atoms with van der Waals surface area (Å²) in [6.07, 6.45) is 1.91. The van der Waals surface area contributed by atoms with E-state index in [1.165, 1.54) is 7.11 Å². The Morgan fingerprint density at radius 2 is 1.71 bits per heavy atom. The molecule has 1 aromatic heterocycles. The molecule has 0 atom stereocenters. The lowest BCUT2D eigenvalue weighted by Gasteiger charge is -2.12. The molecule has 0 fully saturated rings. The number of esters is 1. The summed E-state index contributed by atoms with van der Waals surface area (Å²) in [4.78, 5) is 23.7. The Kier molecular flexibility index (Phi) is 5.53. The Bertz CT molecular complexity index is 577. The first-order valence-corrected chi connectivity index (χ1v) is 7.22. The van der Waals surface area contributed by atoms with Crippen LogP contribution in [0.1, 0.15) is 63.6 Å². The SMILES string of the molecule is COC(=O)c1cc(C(C)=C(C(C)=O)C(C)C)cn1C(C)C. The van der Waals surface area contributed by atoms with Crippen LogP contribution in [-0.2, 0) is 9.53 Å². The first-order valence-electron chi connectivity index (χ1n) is 7.22. The molecule has 0 spiro atoms. The molecule has 0 saturated heterocycles. The molecule has 0 N–H and O–H groups in total. The maximum Gasteiger partial charge on any atom is 0.354 e. The number of nitrogens with zero attached hydrogens (tertiary/aromatic N) is 1. The highest BCUT2D eigenvalue weighted by molar-refractivity contribution is 6.01. The summed E-state index contributed by atoms with van der Waals surface area (Å²) in [5.41, 5.74) is 3.12. The smallest absolute Gasteiger partial charge is 0.354 e. The van der Waals surface area contributed by atoms with Gasteiger partial charge in [-0.15, -0.1) is 0 Å². The van der Waals surface area contributed by atoms with Crippen molar-refractivity contribution < 1.29 is 14.3 Å². The maximum absolute atomic E-state index is 11.9. The van der Waals surface area contributed by atoms with Gasteiger partial charge in [0, 0.05) is 17.8 Å². The number of ketones is 1. The zero-order chi connectivity index (χ0) is 16.3. The van der Waals surface area contributed by atoms with Crippen LogP contribution >= 0.6 is 0 Å². The number of rotatable bonds is 5. The van der Waals surface area contributed by atoms with Crippen molar-refractivity contribution in [2.75, 3.05) is 7.11 Å². The molecular weight excluding hydrogens is 266 g/mol. The van der Waals surface area contributed by atoms with E-state index in [9.17, 15) is 9.59 Å². The Morgan fingerprint density at radius 1 is 1.14 bits per heavy atom. The molecule has 1 aromatic rings. The quantitative estimate of drug-likeness (QED) is 0.611. The molecule has 0 radical (unpaired) electrons. The van der Waals surface area contributed by atoms with Crippen molar-refractivity contribution in [1.82, 2.24) is 4.57 Å². The number of Topliss-reactive ketones (excluding diaryl/α,β-unsaturated/α-hetero) is 1. The monoisotopic (exact) mass is 291 g/mol. The van der Waals surface area contributed by atoms with Crippen LogP contribution in [0, 0.1) is 5.92 Å². The molecule has 0 bridgehead atoms. The van der Waals surface area contributed by atoms with E-state index in [4.69, 9.17) is 4.74 Å². The molecule has 0 unspecified atom stereocenters. The number of methoxy groups -OCH3 is 1. The van der Waals surface area contributed by atoms with E-state index in [2.05, 4.69) is 0 Å². The molecule has 0 aliphatic carbocycles. The van der Waals surface area contributed by atoms with Gasteiger partial charge in [0.15, 0.2) is 5.78 Å². The summed E-state index contributed by atoms with van der Waals surface area (Å²) in [6, 6.07) is 1.94. The lowest BCUT2D eigenvalue weighted by molar-refractivity contribution is -0.113. The summed E-state index contributed by atoms with van der Waals surface area (Å²) < 4.78 is 6.71. The van der Waals surface area contributed by atoms with Crippen LogP contribution in [0.2, 0.25) is 0 Å². The van der Waals surface area contributed by atoms with Crippen LogP contribution in [0.15, 0.2) is 17.8 Å². The molecule has 0 aliphatic heterocycles. The minimum Gasteiger partial charge on any atom is -0.464 e. The number of hydrogen-bond donors (Lipinski definition) is 0. The predicted molar refractivity (Wildman–Crippen MR) is 84.3 cm³/mol. The molecule has 21 heavy (non-hydrogen) atoms. The highest BCUT2D eigenvalue weighted by Crippen LogP contribution is 2.27. The van der Waals surface area contributed by atoms with Gasteiger partial charge < -0.3 is 9.30 Å². The van der Waals surface area contributed by atoms with E-state index in [0.717, 1.165) is 16.7 Å². The van der Waals surface area contributed by atoms with Gasteiger partial charge in [-0.3, -0.25) is 4.79 Å². The van der Waals surface area contributed by atoms with Crippen molar-refractivity contribution in [2.45, 2.75) is 47.6 Å². The number of carbonyl (C=O) groups is 2. The summed E-state index contributed by atoms with van der Waals surface area (Å²) in [5.74, 6) is -0.150. The van der Waals surface area contributed by atoms with E-state index in [0.29, 0.717) is 5.69 Å². The Labute approximate surface area is 126 Å². The summed E-state index contributed by atoms with van der Waals surface area (Å²) >= 11 is 0. The van der Waals surface area contributed by atoms with Gasteiger partial charge in [0.25, 0.3) is 0 Å². The minimum absolute atomic E-state index is 0.0689. The van der Waals surface area contributed by atoms with Crippen LogP contribution in [0.5, 0.6) is 0 Å². The fraction of sp³-hybridized carbons (Fsp3) is 0.529. The van der Waals surface area contributed by atoms with E-state index >= 15 is 0 Å². The van der Waals surface area contributed by atoms with Crippen LogP contribution in [0.25, 0.3) is 5.57 Å². The standard InChI is InChI=1S/C17H25NO3/c1-10(2)16(13(6)19)12(5)14-8-15(17(20)21-7)18(9-14)11(3)4/h8-11H,1-7H3. The largest absolute Gasteiger partial charge is 0.464 e. The highest BCUT2D eigenvalue weighted by atomic mass is 16.5. The van der Waals surface area contributed by atoms with Crippen LogP contribution in [0.4, 0.5) is 0 Å². The fourth-order valence-corrected chi connectivity index (χ4v) is 2.64. The molecule has 116 valence electrons.